The number of rotatable bonds is 6. The topological polar surface area (TPSA) is 44.8 Å². The van der Waals surface area contributed by atoms with Crippen LogP contribution in [0.3, 0.4) is 0 Å². The highest BCUT2D eigenvalue weighted by Crippen LogP contribution is 2.26. The number of hydrogen-bond acceptors (Lipinski definition) is 4. The van der Waals surface area contributed by atoms with E-state index in [-0.39, 0.29) is 11.9 Å². The molecule has 5 nitrogen and oxygen atoms in total. The van der Waals surface area contributed by atoms with Crippen LogP contribution in [0.15, 0.2) is 30.3 Å². The number of amides is 1. The molecule has 3 aliphatic rings. The Kier molecular flexibility index (Phi) is 7.00. The Morgan fingerprint density at radius 3 is 2.54 bits per heavy atom. The van der Waals surface area contributed by atoms with Gasteiger partial charge in [0.1, 0.15) is 6.04 Å². The molecule has 1 N–H and O–H groups in total. The number of carbonyl (C=O) groups is 1. The summed E-state index contributed by atoms with van der Waals surface area (Å²) in [7, 11) is 0. The molecule has 1 unspecified atom stereocenters. The number of hydrogen-bond donors (Lipinski definition) is 1. The zero-order chi connectivity index (χ0) is 19.2. The Hall–Kier alpha value is -1.43. The lowest BCUT2D eigenvalue weighted by Gasteiger charge is -2.40. The molecule has 1 saturated carbocycles. The van der Waals surface area contributed by atoms with Crippen LogP contribution in [0.1, 0.15) is 44.1 Å². The number of carbonyl (C=O) groups excluding carboxylic acids is 1. The van der Waals surface area contributed by atoms with Gasteiger partial charge in [0.25, 0.3) is 0 Å². The van der Waals surface area contributed by atoms with Crippen LogP contribution < -0.4 is 5.32 Å². The quantitative estimate of drug-likeness (QED) is 0.817. The summed E-state index contributed by atoms with van der Waals surface area (Å²) in [6.07, 6.45) is 8.30. The molecular weight excluding hydrogens is 350 g/mol. The average molecular weight is 386 g/mol. The number of nitrogens with one attached hydrogen (secondary N) is 1. The first-order chi connectivity index (χ1) is 13.8. The average Bonchev–Trinajstić information content (AvgIpc) is 3.29. The normalized spacial score (nSPS) is 25.8. The van der Waals surface area contributed by atoms with Crippen LogP contribution in [0.2, 0.25) is 0 Å². The molecule has 0 spiro atoms. The molecule has 2 heterocycles. The summed E-state index contributed by atoms with van der Waals surface area (Å²) in [5.74, 6) is 0.189. The molecule has 1 aromatic carbocycles. The monoisotopic (exact) mass is 385 g/mol. The first-order valence-corrected chi connectivity index (χ1v) is 11.2. The molecule has 1 atom stereocenters. The second-order valence-corrected chi connectivity index (χ2v) is 8.63. The summed E-state index contributed by atoms with van der Waals surface area (Å²) >= 11 is 0. The molecule has 1 amide bonds. The van der Waals surface area contributed by atoms with Crippen molar-refractivity contribution in [1.29, 1.82) is 0 Å². The van der Waals surface area contributed by atoms with Gasteiger partial charge in [-0.1, -0.05) is 43.2 Å². The fourth-order valence-corrected chi connectivity index (χ4v) is 5.05. The van der Waals surface area contributed by atoms with Gasteiger partial charge in [-0.05, 0) is 37.7 Å². The largest absolute Gasteiger partial charge is 0.378 e. The number of ether oxygens (including phenoxy) is 1. The molecule has 28 heavy (non-hydrogen) atoms. The van der Waals surface area contributed by atoms with Crippen molar-refractivity contribution in [3.8, 4) is 0 Å². The summed E-state index contributed by atoms with van der Waals surface area (Å²) in [6.45, 7) is 5.48. The predicted molar refractivity (Wildman–Crippen MR) is 111 cm³/mol. The van der Waals surface area contributed by atoms with Gasteiger partial charge >= 0.3 is 0 Å². The van der Waals surface area contributed by atoms with E-state index in [1.165, 1.54) is 31.2 Å². The van der Waals surface area contributed by atoms with Crippen molar-refractivity contribution in [2.24, 2.45) is 0 Å². The van der Waals surface area contributed by atoms with Crippen molar-refractivity contribution in [3.63, 3.8) is 0 Å². The molecule has 2 saturated heterocycles. The lowest BCUT2D eigenvalue weighted by atomic mass is 10.0. The lowest BCUT2D eigenvalue weighted by Crippen LogP contribution is -2.58. The third-order valence-corrected chi connectivity index (χ3v) is 6.76. The van der Waals surface area contributed by atoms with Gasteiger partial charge in [0.05, 0.1) is 13.2 Å². The highest BCUT2D eigenvalue weighted by Gasteiger charge is 2.36. The van der Waals surface area contributed by atoms with E-state index in [4.69, 9.17) is 4.74 Å². The minimum atomic E-state index is -0.0899. The van der Waals surface area contributed by atoms with E-state index in [0.29, 0.717) is 18.7 Å². The molecule has 0 aromatic heterocycles. The molecule has 154 valence electrons. The maximum Gasteiger partial charge on any atom is 0.239 e. The van der Waals surface area contributed by atoms with Crippen molar-refractivity contribution in [3.05, 3.63) is 35.9 Å². The summed E-state index contributed by atoms with van der Waals surface area (Å²) in [4.78, 5) is 17.9. The van der Waals surface area contributed by atoms with Crippen LogP contribution in [0.4, 0.5) is 0 Å². The van der Waals surface area contributed by atoms with Gasteiger partial charge in [-0.2, -0.15) is 0 Å². The molecule has 2 aliphatic heterocycles. The van der Waals surface area contributed by atoms with Crippen LogP contribution >= 0.6 is 0 Å². The van der Waals surface area contributed by atoms with Crippen LogP contribution in [0, 0.1) is 0 Å². The highest BCUT2D eigenvalue weighted by molar-refractivity contribution is 5.82. The third-order valence-electron chi connectivity index (χ3n) is 6.76. The second-order valence-electron chi connectivity index (χ2n) is 8.63. The van der Waals surface area contributed by atoms with E-state index < -0.39 is 0 Å². The molecule has 5 heteroatoms. The van der Waals surface area contributed by atoms with Crippen LogP contribution in [0.25, 0.3) is 0 Å². The first-order valence-electron chi connectivity index (χ1n) is 11.2. The summed E-state index contributed by atoms with van der Waals surface area (Å²) < 4.78 is 5.66. The van der Waals surface area contributed by atoms with E-state index in [2.05, 4.69) is 45.4 Å². The van der Waals surface area contributed by atoms with Gasteiger partial charge in [-0.15, -0.1) is 0 Å². The number of nitrogens with zero attached hydrogens (tertiary/aromatic N) is 2. The molecule has 3 fully saturated rings. The first kappa shape index (κ1) is 19.9. The number of benzene rings is 1. The minimum Gasteiger partial charge on any atom is -0.378 e. The smallest absolute Gasteiger partial charge is 0.239 e. The molecule has 1 aromatic rings. The Balaban J connectivity index is 1.22. The Morgan fingerprint density at radius 1 is 1.04 bits per heavy atom. The van der Waals surface area contributed by atoms with Crippen molar-refractivity contribution in [2.75, 3.05) is 39.4 Å². The molecule has 4 rings (SSSR count). The summed E-state index contributed by atoms with van der Waals surface area (Å²) in [5, 5.41) is 3.35. The fraction of sp³-hybridized carbons (Fsp3) is 0.696. The van der Waals surface area contributed by atoms with Gasteiger partial charge in [-0.25, -0.2) is 0 Å². The lowest BCUT2D eigenvalue weighted by molar-refractivity contribution is -0.135. The number of likely N-dealkylation sites (tertiary alicyclic amines) is 1. The van der Waals surface area contributed by atoms with Crippen molar-refractivity contribution in [1.82, 2.24) is 15.1 Å². The molecular formula is C23H35N3O2. The van der Waals surface area contributed by atoms with E-state index in [9.17, 15) is 4.79 Å². The zero-order valence-electron chi connectivity index (χ0n) is 17.0. The summed E-state index contributed by atoms with van der Waals surface area (Å²) in [6, 6.07) is 11.5. The molecule has 1 aliphatic carbocycles. The van der Waals surface area contributed by atoms with Gasteiger partial charge in [0.15, 0.2) is 0 Å². The van der Waals surface area contributed by atoms with Crippen molar-refractivity contribution < 1.29 is 9.53 Å². The number of morpholine rings is 1. The third kappa shape index (κ3) is 5.13. The fourth-order valence-electron chi connectivity index (χ4n) is 5.05. The molecule has 0 bridgehead atoms. The predicted octanol–water partition coefficient (Wildman–Crippen LogP) is 2.45. The van der Waals surface area contributed by atoms with Crippen LogP contribution in [-0.4, -0.2) is 73.2 Å². The Labute approximate surface area is 169 Å². The van der Waals surface area contributed by atoms with Gasteiger partial charge in [-0.3, -0.25) is 9.69 Å². The second kappa shape index (κ2) is 9.86. The van der Waals surface area contributed by atoms with Crippen LogP contribution in [-0.2, 0) is 16.0 Å². The van der Waals surface area contributed by atoms with Crippen molar-refractivity contribution >= 4 is 5.91 Å². The van der Waals surface area contributed by atoms with E-state index in [1.54, 1.807) is 0 Å². The maximum absolute atomic E-state index is 13.0. The van der Waals surface area contributed by atoms with Gasteiger partial charge < -0.3 is 15.0 Å². The number of piperidine rings is 1. The van der Waals surface area contributed by atoms with E-state index >= 15 is 0 Å². The maximum atomic E-state index is 13.0. The van der Waals surface area contributed by atoms with Crippen LogP contribution in [0.5, 0.6) is 0 Å². The van der Waals surface area contributed by atoms with Gasteiger partial charge in [0, 0.05) is 38.3 Å². The highest BCUT2D eigenvalue weighted by atomic mass is 16.5. The standard InChI is InChI=1S/C23H35N3O2/c27-23(22-18-28-17-16-26(22)21-8-4-5-9-21)24-20-11-14-25(15-12-20)13-10-19-6-2-1-3-7-19/h1-3,6-7,20-22H,4-5,8-18H2,(H,24,27). The van der Waals surface area contributed by atoms with Gasteiger partial charge in [0.2, 0.25) is 5.91 Å². The minimum absolute atomic E-state index is 0.0899. The van der Waals surface area contributed by atoms with E-state index in [0.717, 1.165) is 52.0 Å². The summed E-state index contributed by atoms with van der Waals surface area (Å²) in [5.41, 5.74) is 1.40. The SMILES string of the molecule is O=C(NC1CCN(CCc2ccccc2)CC1)C1COCCN1C1CCCC1. The van der Waals surface area contributed by atoms with Crippen molar-refractivity contribution in [2.45, 2.75) is 63.1 Å². The molecule has 0 radical (unpaired) electrons. The Morgan fingerprint density at radius 2 is 1.79 bits per heavy atom. The Bertz CT molecular complexity index is 610. The van der Waals surface area contributed by atoms with E-state index in [1.807, 2.05) is 0 Å². The zero-order valence-corrected chi connectivity index (χ0v) is 17.0.